The molecule has 2 rings (SSSR count). The van der Waals surface area contributed by atoms with Crippen LogP contribution in [0.3, 0.4) is 0 Å². The maximum absolute atomic E-state index is 8.78. The summed E-state index contributed by atoms with van der Waals surface area (Å²) in [6.07, 6.45) is 6.66. The summed E-state index contributed by atoms with van der Waals surface area (Å²) >= 11 is 6.32. The Bertz CT molecular complexity index is 467. The van der Waals surface area contributed by atoms with Crippen molar-refractivity contribution in [1.29, 1.82) is 5.26 Å². The van der Waals surface area contributed by atoms with E-state index in [-0.39, 0.29) is 0 Å². The minimum absolute atomic E-state index is 0.294. The van der Waals surface area contributed by atoms with E-state index in [9.17, 15) is 0 Å². The van der Waals surface area contributed by atoms with E-state index in [1.165, 1.54) is 11.1 Å². The lowest BCUT2D eigenvalue weighted by Gasteiger charge is -2.14. The molecule has 0 saturated heterocycles. The first kappa shape index (κ1) is 13.2. The molecule has 0 bridgehead atoms. The molecule has 1 aromatic carbocycles. The topological polar surface area (TPSA) is 23.8 Å². The quantitative estimate of drug-likeness (QED) is 0.568. The van der Waals surface area contributed by atoms with E-state index >= 15 is 0 Å². The number of hydrogen-bond acceptors (Lipinski definition) is 1. The molecule has 94 valence electrons. The molecule has 1 aromatic rings. The van der Waals surface area contributed by atoms with Crippen LogP contribution in [0.25, 0.3) is 0 Å². The summed E-state index contributed by atoms with van der Waals surface area (Å²) in [5.41, 5.74) is 3.46. The highest BCUT2D eigenvalue weighted by Gasteiger charge is 2.17. The predicted octanol–water partition coefficient (Wildman–Crippen LogP) is 4.45. The summed E-state index contributed by atoms with van der Waals surface area (Å²) in [4.78, 5) is 0. The van der Waals surface area contributed by atoms with Crippen LogP contribution in [0.15, 0.2) is 35.9 Å². The third kappa shape index (κ3) is 3.62. The average molecular weight is 260 g/mol. The van der Waals surface area contributed by atoms with Gasteiger partial charge in [-0.05, 0) is 56.2 Å². The van der Waals surface area contributed by atoms with E-state index in [1.54, 1.807) is 0 Å². The molecule has 1 aliphatic carbocycles. The van der Waals surface area contributed by atoms with Crippen LogP contribution in [0.5, 0.6) is 0 Å². The number of benzene rings is 1. The van der Waals surface area contributed by atoms with Crippen molar-refractivity contribution in [2.24, 2.45) is 5.92 Å². The Morgan fingerprint density at radius 2 is 2.06 bits per heavy atom. The Kier molecular flexibility index (Phi) is 4.44. The molecule has 2 atom stereocenters. The standard InChI is InChI=1S/C16H18ClN/c1-12-2-7-16(17)10-15(8-12)9-13-3-5-14(11-18)6-4-13/h3-6,8,15-16H,2,7,9-10H2,1H3/t15-,16-/m1/s1. The summed E-state index contributed by atoms with van der Waals surface area (Å²) in [7, 11) is 0. The molecule has 0 aliphatic heterocycles. The van der Waals surface area contributed by atoms with E-state index in [1.807, 2.05) is 12.1 Å². The number of rotatable bonds is 2. The molecule has 0 fully saturated rings. The molecular formula is C16H18ClN. The Morgan fingerprint density at radius 1 is 1.33 bits per heavy atom. The normalized spacial score (nSPS) is 23.9. The van der Waals surface area contributed by atoms with Crippen molar-refractivity contribution < 1.29 is 0 Å². The van der Waals surface area contributed by atoms with Crippen molar-refractivity contribution in [2.45, 2.75) is 38.0 Å². The lowest BCUT2D eigenvalue weighted by Crippen LogP contribution is -2.07. The Balaban J connectivity index is 2.07. The van der Waals surface area contributed by atoms with Crippen LogP contribution >= 0.6 is 11.6 Å². The molecule has 18 heavy (non-hydrogen) atoms. The SMILES string of the molecule is CC1=C[C@H](Cc2ccc(C#N)cc2)C[C@H](Cl)CC1. The molecule has 1 nitrogen and oxygen atoms in total. The summed E-state index contributed by atoms with van der Waals surface area (Å²) in [6.45, 7) is 2.20. The van der Waals surface area contributed by atoms with Gasteiger partial charge in [0.1, 0.15) is 0 Å². The summed E-state index contributed by atoms with van der Waals surface area (Å²) < 4.78 is 0. The Morgan fingerprint density at radius 3 is 2.72 bits per heavy atom. The van der Waals surface area contributed by atoms with Crippen molar-refractivity contribution >= 4 is 11.6 Å². The molecule has 0 saturated carbocycles. The van der Waals surface area contributed by atoms with Crippen LogP contribution in [-0.4, -0.2) is 5.38 Å². The summed E-state index contributed by atoms with van der Waals surface area (Å²) in [5, 5.41) is 9.07. The van der Waals surface area contributed by atoms with Gasteiger partial charge in [-0.1, -0.05) is 23.8 Å². The van der Waals surface area contributed by atoms with Gasteiger partial charge in [0.2, 0.25) is 0 Å². The van der Waals surface area contributed by atoms with Crippen LogP contribution < -0.4 is 0 Å². The molecule has 0 radical (unpaired) electrons. The smallest absolute Gasteiger partial charge is 0.0991 e. The van der Waals surface area contributed by atoms with Crippen LogP contribution in [0.4, 0.5) is 0 Å². The fourth-order valence-electron chi connectivity index (χ4n) is 2.54. The zero-order chi connectivity index (χ0) is 13.0. The highest BCUT2D eigenvalue weighted by atomic mass is 35.5. The molecule has 0 heterocycles. The van der Waals surface area contributed by atoms with Crippen molar-refractivity contribution in [3.05, 3.63) is 47.0 Å². The van der Waals surface area contributed by atoms with Gasteiger partial charge in [0.15, 0.2) is 0 Å². The van der Waals surface area contributed by atoms with Crippen LogP contribution in [0.2, 0.25) is 0 Å². The summed E-state index contributed by atoms with van der Waals surface area (Å²) in [5.74, 6) is 0.530. The van der Waals surface area contributed by atoms with Gasteiger partial charge in [-0.15, -0.1) is 11.6 Å². The molecule has 2 heteroatoms. The van der Waals surface area contributed by atoms with Crippen molar-refractivity contribution in [2.75, 3.05) is 0 Å². The first-order chi connectivity index (χ1) is 8.67. The monoisotopic (exact) mass is 259 g/mol. The second-order valence-corrected chi connectivity index (χ2v) is 5.77. The fraction of sp³-hybridized carbons (Fsp3) is 0.438. The number of halogens is 1. The van der Waals surface area contributed by atoms with Crippen molar-refractivity contribution in [3.63, 3.8) is 0 Å². The Hall–Kier alpha value is -1.26. The van der Waals surface area contributed by atoms with E-state index < -0.39 is 0 Å². The minimum Gasteiger partial charge on any atom is -0.192 e. The molecule has 0 unspecified atom stereocenters. The molecule has 0 aromatic heterocycles. The number of hydrogen-bond donors (Lipinski definition) is 0. The predicted molar refractivity (Wildman–Crippen MR) is 75.6 cm³/mol. The van der Waals surface area contributed by atoms with E-state index in [0.29, 0.717) is 11.3 Å². The third-order valence-corrected chi connectivity index (χ3v) is 3.91. The van der Waals surface area contributed by atoms with Gasteiger partial charge >= 0.3 is 0 Å². The average Bonchev–Trinajstić information content (AvgIpc) is 2.52. The zero-order valence-corrected chi connectivity index (χ0v) is 11.5. The molecule has 0 amide bonds. The first-order valence-electron chi connectivity index (χ1n) is 6.48. The van der Waals surface area contributed by atoms with Gasteiger partial charge in [-0.25, -0.2) is 0 Å². The van der Waals surface area contributed by atoms with Gasteiger partial charge in [-0.2, -0.15) is 5.26 Å². The maximum atomic E-state index is 8.78. The largest absolute Gasteiger partial charge is 0.192 e. The third-order valence-electron chi connectivity index (χ3n) is 3.51. The second kappa shape index (κ2) is 6.07. The van der Waals surface area contributed by atoms with E-state index in [2.05, 4.69) is 31.2 Å². The second-order valence-electron chi connectivity index (χ2n) is 5.16. The Labute approximate surface area is 114 Å². The van der Waals surface area contributed by atoms with Gasteiger partial charge in [0.05, 0.1) is 11.6 Å². The van der Waals surface area contributed by atoms with Crippen molar-refractivity contribution in [1.82, 2.24) is 0 Å². The van der Waals surface area contributed by atoms with E-state index in [0.717, 1.165) is 31.2 Å². The molecular weight excluding hydrogens is 242 g/mol. The fourth-order valence-corrected chi connectivity index (χ4v) is 2.88. The van der Waals surface area contributed by atoms with Crippen molar-refractivity contribution in [3.8, 4) is 6.07 Å². The number of nitrogens with zero attached hydrogens (tertiary/aromatic N) is 1. The maximum Gasteiger partial charge on any atom is 0.0991 e. The van der Waals surface area contributed by atoms with E-state index in [4.69, 9.17) is 16.9 Å². The van der Waals surface area contributed by atoms with Gasteiger partial charge in [0, 0.05) is 5.38 Å². The highest BCUT2D eigenvalue weighted by Crippen LogP contribution is 2.28. The van der Waals surface area contributed by atoms with Gasteiger partial charge < -0.3 is 0 Å². The van der Waals surface area contributed by atoms with Crippen LogP contribution in [-0.2, 0) is 6.42 Å². The van der Waals surface area contributed by atoms with Crippen LogP contribution in [0.1, 0.15) is 37.3 Å². The van der Waals surface area contributed by atoms with Crippen LogP contribution in [0, 0.1) is 17.2 Å². The zero-order valence-electron chi connectivity index (χ0n) is 10.7. The summed E-state index contributed by atoms with van der Waals surface area (Å²) in [6, 6.07) is 10.0. The molecule has 0 N–H and O–H groups in total. The first-order valence-corrected chi connectivity index (χ1v) is 6.91. The minimum atomic E-state index is 0.294. The highest BCUT2D eigenvalue weighted by molar-refractivity contribution is 6.20. The lowest BCUT2D eigenvalue weighted by atomic mass is 9.94. The molecule has 0 spiro atoms. The molecule has 1 aliphatic rings. The van der Waals surface area contributed by atoms with Gasteiger partial charge in [-0.3, -0.25) is 0 Å². The van der Waals surface area contributed by atoms with Gasteiger partial charge in [0.25, 0.3) is 0 Å². The lowest BCUT2D eigenvalue weighted by molar-refractivity contribution is 0.566. The number of allylic oxidation sites excluding steroid dienone is 2. The number of alkyl halides is 1. The number of nitriles is 1.